The number of nitro groups is 1. The molecule has 0 aliphatic carbocycles. The van der Waals surface area contributed by atoms with Crippen LogP contribution in [-0.2, 0) is 4.74 Å². The lowest BCUT2D eigenvalue weighted by atomic mass is 10.1. The number of hydrogen-bond acceptors (Lipinski definition) is 6. The molecule has 1 amide bonds. The molecular weight excluding hydrogens is 266 g/mol. The van der Waals surface area contributed by atoms with Crippen molar-refractivity contribution in [2.45, 2.75) is 12.5 Å². The van der Waals surface area contributed by atoms with Crippen LogP contribution in [0.25, 0.3) is 0 Å². The van der Waals surface area contributed by atoms with Gasteiger partial charge in [0.15, 0.2) is 0 Å². The van der Waals surface area contributed by atoms with Crippen molar-refractivity contribution in [3.05, 3.63) is 33.9 Å². The van der Waals surface area contributed by atoms with Gasteiger partial charge in [-0.15, -0.1) is 0 Å². The van der Waals surface area contributed by atoms with E-state index in [-0.39, 0.29) is 23.5 Å². The zero-order valence-electron chi connectivity index (χ0n) is 11.0. The highest BCUT2D eigenvalue weighted by molar-refractivity contribution is 5.94. The molecule has 0 spiro atoms. The summed E-state index contributed by atoms with van der Waals surface area (Å²) in [5, 5.41) is 23.2. The van der Waals surface area contributed by atoms with Gasteiger partial charge in [-0.1, -0.05) is 0 Å². The van der Waals surface area contributed by atoms with Gasteiger partial charge in [-0.25, -0.2) is 0 Å². The van der Waals surface area contributed by atoms with Crippen LogP contribution in [0.1, 0.15) is 16.8 Å². The third kappa shape index (κ3) is 4.48. The smallest absolute Gasteiger partial charge is 0.293 e. The number of rotatable bonds is 8. The molecule has 1 unspecified atom stereocenters. The van der Waals surface area contributed by atoms with Gasteiger partial charge in [0.05, 0.1) is 17.6 Å². The number of primary amides is 1. The highest BCUT2D eigenvalue weighted by Crippen LogP contribution is 2.25. The summed E-state index contributed by atoms with van der Waals surface area (Å²) in [5.74, 6) is -0.727. The fourth-order valence-electron chi connectivity index (χ4n) is 1.63. The average molecular weight is 283 g/mol. The molecule has 1 aromatic carbocycles. The Hall–Kier alpha value is -2.19. The maximum atomic E-state index is 11.0. The zero-order chi connectivity index (χ0) is 15.1. The molecule has 0 fully saturated rings. The van der Waals surface area contributed by atoms with Crippen LogP contribution in [0.15, 0.2) is 18.2 Å². The largest absolute Gasteiger partial charge is 0.391 e. The van der Waals surface area contributed by atoms with Crippen LogP contribution in [-0.4, -0.2) is 42.3 Å². The number of methoxy groups -OCH3 is 1. The van der Waals surface area contributed by atoms with Gasteiger partial charge in [0.1, 0.15) is 5.69 Å². The van der Waals surface area contributed by atoms with E-state index in [2.05, 4.69) is 5.32 Å². The van der Waals surface area contributed by atoms with E-state index in [9.17, 15) is 20.0 Å². The highest BCUT2D eigenvalue weighted by Gasteiger charge is 2.16. The fourth-order valence-corrected chi connectivity index (χ4v) is 1.63. The van der Waals surface area contributed by atoms with Gasteiger partial charge in [0.25, 0.3) is 5.69 Å². The molecular formula is C12H17N3O5. The second kappa shape index (κ2) is 7.41. The summed E-state index contributed by atoms with van der Waals surface area (Å²) in [6.45, 7) is 0.533. The molecule has 1 aromatic rings. The normalized spacial score (nSPS) is 11.9. The third-order valence-corrected chi connectivity index (χ3v) is 2.63. The van der Waals surface area contributed by atoms with E-state index >= 15 is 0 Å². The van der Waals surface area contributed by atoms with Crippen LogP contribution in [0, 0.1) is 10.1 Å². The summed E-state index contributed by atoms with van der Waals surface area (Å²) in [5.41, 5.74) is 5.18. The number of aliphatic hydroxyl groups excluding tert-OH is 1. The summed E-state index contributed by atoms with van der Waals surface area (Å²) in [4.78, 5) is 21.3. The van der Waals surface area contributed by atoms with Crippen LogP contribution >= 0.6 is 0 Å². The molecule has 4 N–H and O–H groups in total. The molecule has 0 bridgehead atoms. The first-order valence-corrected chi connectivity index (χ1v) is 5.94. The van der Waals surface area contributed by atoms with Gasteiger partial charge in [-0.05, 0) is 18.6 Å². The Morgan fingerprint density at radius 2 is 2.30 bits per heavy atom. The van der Waals surface area contributed by atoms with Crippen molar-refractivity contribution in [3.8, 4) is 0 Å². The number of anilines is 1. The Bertz CT molecular complexity index is 492. The Morgan fingerprint density at radius 1 is 1.60 bits per heavy atom. The maximum absolute atomic E-state index is 11.0. The van der Waals surface area contributed by atoms with Crippen molar-refractivity contribution in [2.75, 3.05) is 25.6 Å². The number of amides is 1. The second-order valence-electron chi connectivity index (χ2n) is 4.18. The fraction of sp³-hybridized carbons (Fsp3) is 0.417. The van der Waals surface area contributed by atoms with Crippen molar-refractivity contribution < 1.29 is 19.6 Å². The Morgan fingerprint density at radius 3 is 2.85 bits per heavy atom. The molecule has 1 atom stereocenters. The molecule has 0 aromatic heterocycles. The monoisotopic (exact) mass is 283 g/mol. The number of hydrogen-bond donors (Lipinski definition) is 3. The molecule has 1 rings (SSSR count). The Kier molecular flexibility index (Phi) is 5.88. The lowest BCUT2D eigenvalue weighted by Crippen LogP contribution is -2.18. The molecule has 0 aliphatic heterocycles. The van der Waals surface area contributed by atoms with E-state index in [0.29, 0.717) is 13.0 Å². The molecule has 0 saturated heterocycles. The summed E-state index contributed by atoms with van der Waals surface area (Å²) in [6, 6.07) is 3.94. The number of benzene rings is 1. The number of nitrogens with one attached hydrogen (secondary N) is 1. The lowest BCUT2D eigenvalue weighted by molar-refractivity contribution is -0.384. The van der Waals surface area contributed by atoms with E-state index < -0.39 is 16.9 Å². The first kappa shape index (κ1) is 15.9. The van der Waals surface area contributed by atoms with E-state index in [1.54, 1.807) is 0 Å². The van der Waals surface area contributed by atoms with E-state index in [0.717, 1.165) is 6.07 Å². The van der Waals surface area contributed by atoms with Crippen molar-refractivity contribution >= 4 is 17.3 Å². The van der Waals surface area contributed by atoms with Crippen molar-refractivity contribution in [3.63, 3.8) is 0 Å². The molecule has 0 aliphatic rings. The third-order valence-electron chi connectivity index (χ3n) is 2.63. The summed E-state index contributed by atoms with van der Waals surface area (Å²) in [6.07, 6.45) is -0.265. The zero-order valence-corrected chi connectivity index (χ0v) is 11.0. The number of nitro benzene ring substituents is 1. The summed E-state index contributed by atoms with van der Waals surface area (Å²) >= 11 is 0. The van der Waals surface area contributed by atoms with Crippen molar-refractivity contribution in [1.29, 1.82) is 0 Å². The predicted molar refractivity (Wildman–Crippen MR) is 72.6 cm³/mol. The molecule has 8 nitrogen and oxygen atoms in total. The van der Waals surface area contributed by atoms with E-state index in [4.69, 9.17) is 10.5 Å². The Balaban J connectivity index is 2.74. The van der Waals surface area contributed by atoms with Crippen LogP contribution in [0.3, 0.4) is 0 Å². The van der Waals surface area contributed by atoms with Gasteiger partial charge in [-0.3, -0.25) is 14.9 Å². The molecule has 20 heavy (non-hydrogen) atoms. The van der Waals surface area contributed by atoms with Crippen LogP contribution < -0.4 is 11.1 Å². The van der Waals surface area contributed by atoms with Gasteiger partial charge in [-0.2, -0.15) is 0 Å². The van der Waals surface area contributed by atoms with Gasteiger partial charge >= 0.3 is 0 Å². The number of nitrogens with zero attached hydrogens (tertiary/aromatic N) is 1. The number of aliphatic hydroxyl groups is 1. The van der Waals surface area contributed by atoms with Crippen LogP contribution in [0.4, 0.5) is 11.4 Å². The first-order chi connectivity index (χ1) is 9.45. The number of carbonyl (C=O) groups is 1. The number of carbonyl (C=O) groups excluding carboxylic acids is 1. The lowest BCUT2D eigenvalue weighted by Gasteiger charge is -2.11. The number of nitrogens with two attached hydrogens (primary N) is 1. The molecule has 0 heterocycles. The van der Waals surface area contributed by atoms with Gasteiger partial charge < -0.3 is 20.9 Å². The first-order valence-electron chi connectivity index (χ1n) is 5.94. The average Bonchev–Trinajstić information content (AvgIpc) is 2.38. The SMILES string of the molecule is COCC(O)CCNc1ccc(C(N)=O)cc1[N+](=O)[O-]. The second-order valence-corrected chi connectivity index (χ2v) is 4.18. The minimum absolute atomic E-state index is 0.0710. The molecule has 0 saturated carbocycles. The summed E-state index contributed by atoms with van der Waals surface area (Å²) in [7, 11) is 1.48. The van der Waals surface area contributed by atoms with E-state index in [1.165, 1.54) is 19.2 Å². The van der Waals surface area contributed by atoms with E-state index in [1.807, 2.05) is 0 Å². The molecule has 110 valence electrons. The van der Waals surface area contributed by atoms with Crippen LogP contribution in [0.2, 0.25) is 0 Å². The predicted octanol–water partition coefficient (Wildman–Crippen LogP) is 0.503. The van der Waals surface area contributed by atoms with Crippen LogP contribution in [0.5, 0.6) is 0 Å². The maximum Gasteiger partial charge on any atom is 0.293 e. The molecule has 8 heteroatoms. The topological polar surface area (TPSA) is 128 Å². The Labute approximate surface area is 115 Å². The van der Waals surface area contributed by atoms with Crippen molar-refractivity contribution in [1.82, 2.24) is 0 Å². The quantitative estimate of drug-likeness (QED) is 0.471. The highest BCUT2D eigenvalue weighted by atomic mass is 16.6. The minimum Gasteiger partial charge on any atom is -0.391 e. The van der Waals surface area contributed by atoms with Gasteiger partial charge in [0.2, 0.25) is 5.91 Å². The van der Waals surface area contributed by atoms with Crippen molar-refractivity contribution in [2.24, 2.45) is 5.73 Å². The number of ether oxygens (including phenoxy) is 1. The summed E-state index contributed by atoms with van der Waals surface area (Å²) < 4.78 is 4.77. The standard InChI is InChI=1S/C12H17N3O5/c1-20-7-9(16)4-5-14-10-3-2-8(12(13)17)6-11(10)15(18)19/h2-3,6,9,14,16H,4-5,7H2,1H3,(H2,13,17). The molecule has 0 radical (unpaired) electrons. The van der Waals surface area contributed by atoms with Gasteiger partial charge in [0, 0.05) is 25.3 Å². The minimum atomic E-state index is -0.727.